The molecule has 0 bridgehead atoms. The predicted molar refractivity (Wildman–Crippen MR) is 70.4 cm³/mol. The Hall–Kier alpha value is -0.120. The molecule has 0 fully saturated rings. The zero-order chi connectivity index (χ0) is 13.7. The highest BCUT2D eigenvalue weighted by Crippen LogP contribution is 2.30. The summed E-state index contributed by atoms with van der Waals surface area (Å²) in [6, 6.07) is 0. The second kappa shape index (κ2) is 6.72. The molecule has 17 heavy (non-hydrogen) atoms. The molecule has 1 N–H and O–H groups in total. The lowest BCUT2D eigenvalue weighted by atomic mass is 9.84. The van der Waals surface area contributed by atoms with Gasteiger partial charge in [-0.1, -0.05) is 41.0 Å². The van der Waals surface area contributed by atoms with Gasteiger partial charge in [0.15, 0.2) is 6.29 Å². The Morgan fingerprint density at radius 1 is 1.12 bits per heavy atom. The van der Waals surface area contributed by atoms with Gasteiger partial charge in [0, 0.05) is 5.92 Å². The summed E-state index contributed by atoms with van der Waals surface area (Å²) in [4.78, 5) is 10.5. The van der Waals surface area contributed by atoms with Crippen LogP contribution in [0.15, 0.2) is 0 Å². The average molecular weight is 246 g/mol. The highest BCUT2D eigenvalue weighted by molar-refractivity contribution is 4.75. The lowest BCUT2D eigenvalue weighted by Gasteiger charge is -2.32. The monoisotopic (exact) mass is 246 g/mol. The minimum Gasteiger partial charge on any atom is -0.365 e. The maximum Gasteiger partial charge on any atom is 0.191 e. The predicted octanol–water partition coefficient (Wildman–Crippen LogP) is 3.90. The zero-order valence-corrected chi connectivity index (χ0v) is 12.5. The van der Waals surface area contributed by atoms with E-state index in [2.05, 4.69) is 27.7 Å². The molecule has 0 aromatic rings. The summed E-state index contributed by atoms with van der Waals surface area (Å²) in [7, 11) is 0. The van der Waals surface area contributed by atoms with Gasteiger partial charge in [0.05, 0.1) is 5.60 Å². The minimum atomic E-state index is -0.839. The van der Waals surface area contributed by atoms with Crippen molar-refractivity contribution in [2.24, 2.45) is 11.3 Å². The van der Waals surface area contributed by atoms with E-state index in [0.717, 1.165) is 19.3 Å². The molecule has 0 heterocycles. The van der Waals surface area contributed by atoms with Gasteiger partial charge in [0.1, 0.15) is 0 Å². The van der Waals surface area contributed by atoms with E-state index in [1.165, 1.54) is 0 Å². The number of aliphatic hydroxyl groups is 1. The van der Waals surface area contributed by atoms with Crippen LogP contribution in [-0.4, -0.2) is 17.0 Å². The molecule has 0 amide bonds. The van der Waals surface area contributed by atoms with Crippen molar-refractivity contribution in [3.63, 3.8) is 0 Å². The third kappa shape index (κ3) is 8.58. The van der Waals surface area contributed by atoms with Crippen LogP contribution in [0.4, 0.5) is 0 Å². The summed E-state index contributed by atoms with van der Waals surface area (Å²) in [5.41, 5.74) is -0.210. The quantitative estimate of drug-likeness (QED) is 0.420. The molecule has 0 aromatic heterocycles. The Morgan fingerprint density at radius 2 is 1.65 bits per heavy atom. The fraction of sp³-hybridized carbons (Fsp3) is 1.00. The molecule has 2 unspecified atom stereocenters. The molecule has 0 aliphatic heterocycles. The molecule has 104 valence electrons. The molecular formula is C14H30O3. The highest BCUT2D eigenvalue weighted by Gasteiger charge is 2.29. The summed E-state index contributed by atoms with van der Waals surface area (Å²) in [6.07, 6.45) is 2.00. The van der Waals surface area contributed by atoms with Crippen molar-refractivity contribution in [3.8, 4) is 0 Å². The van der Waals surface area contributed by atoms with Gasteiger partial charge in [-0.15, -0.1) is 0 Å². The highest BCUT2D eigenvalue weighted by atomic mass is 17.2. The summed E-state index contributed by atoms with van der Waals surface area (Å²) in [6.45, 7) is 14.5. The van der Waals surface area contributed by atoms with E-state index in [1.54, 1.807) is 0 Å². The van der Waals surface area contributed by atoms with Crippen LogP contribution < -0.4 is 0 Å². The lowest BCUT2D eigenvalue weighted by Crippen LogP contribution is -2.33. The van der Waals surface area contributed by atoms with Gasteiger partial charge in [0.25, 0.3) is 0 Å². The third-order valence-corrected chi connectivity index (χ3v) is 2.56. The Bertz CT molecular complexity index is 206. The maximum atomic E-state index is 9.76. The van der Waals surface area contributed by atoms with Gasteiger partial charge in [-0.2, -0.15) is 0 Å². The van der Waals surface area contributed by atoms with E-state index in [4.69, 9.17) is 9.78 Å². The molecule has 0 saturated heterocycles. The molecule has 3 nitrogen and oxygen atoms in total. The van der Waals surface area contributed by atoms with Crippen LogP contribution in [-0.2, 0) is 9.78 Å². The molecule has 0 saturated carbocycles. The minimum absolute atomic E-state index is 0.102. The van der Waals surface area contributed by atoms with Gasteiger partial charge < -0.3 is 5.11 Å². The van der Waals surface area contributed by atoms with Crippen LogP contribution in [0.5, 0.6) is 0 Å². The zero-order valence-electron chi connectivity index (χ0n) is 12.5. The van der Waals surface area contributed by atoms with E-state index in [1.807, 2.05) is 20.8 Å². The first kappa shape index (κ1) is 16.9. The van der Waals surface area contributed by atoms with Crippen molar-refractivity contribution in [3.05, 3.63) is 0 Å². The number of hydrogen-bond acceptors (Lipinski definition) is 3. The van der Waals surface area contributed by atoms with Gasteiger partial charge in [-0.25, -0.2) is 9.78 Å². The standard InChI is InChI=1S/C14H30O3/c1-8-9-11(2)12(15)16-17-14(6,7)10-13(3,4)5/h11-12,15H,8-10H2,1-7H3. The van der Waals surface area contributed by atoms with Crippen LogP contribution in [0.3, 0.4) is 0 Å². The van der Waals surface area contributed by atoms with E-state index in [-0.39, 0.29) is 16.9 Å². The van der Waals surface area contributed by atoms with Crippen molar-refractivity contribution in [1.29, 1.82) is 0 Å². The Morgan fingerprint density at radius 3 is 2.06 bits per heavy atom. The normalized spacial score (nSPS) is 16.9. The third-order valence-electron chi connectivity index (χ3n) is 2.56. The largest absolute Gasteiger partial charge is 0.365 e. The number of hydrogen-bond donors (Lipinski definition) is 1. The van der Waals surface area contributed by atoms with Gasteiger partial charge in [-0.05, 0) is 32.1 Å². The van der Waals surface area contributed by atoms with Gasteiger partial charge in [0.2, 0.25) is 0 Å². The van der Waals surface area contributed by atoms with E-state index < -0.39 is 6.29 Å². The summed E-state index contributed by atoms with van der Waals surface area (Å²) in [5.74, 6) is 0.102. The van der Waals surface area contributed by atoms with Crippen LogP contribution in [0.2, 0.25) is 0 Å². The smallest absolute Gasteiger partial charge is 0.191 e. The molecule has 0 aromatic carbocycles. The fourth-order valence-electron chi connectivity index (χ4n) is 2.18. The molecule has 0 aliphatic carbocycles. The van der Waals surface area contributed by atoms with E-state index in [9.17, 15) is 5.11 Å². The maximum absolute atomic E-state index is 9.76. The first-order chi connectivity index (χ1) is 7.57. The second-order valence-electron chi connectivity index (χ2n) is 6.83. The van der Waals surface area contributed by atoms with Gasteiger partial charge in [-0.3, -0.25) is 0 Å². The van der Waals surface area contributed by atoms with Crippen LogP contribution >= 0.6 is 0 Å². The Balaban J connectivity index is 4.08. The lowest BCUT2D eigenvalue weighted by molar-refractivity contribution is -0.424. The molecular weight excluding hydrogens is 216 g/mol. The number of rotatable bonds is 7. The molecule has 2 atom stereocenters. The fourth-order valence-corrected chi connectivity index (χ4v) is 2.18. The van der Waals surface area contributed by atoms with Crippen molar-refractivity contribution < 1.29 is 14.9 Å². The van der Waals surface area contributed by atoms with Crippen molar-refractivity contribution in [2.45, 2.75) is 79.6 Å². The molecule has 0 rings (SSSR count). The molecule has 0 spiro atoms. The first-order valence-corrected chi connectivity index (χ1v) is 6.60. The van der Waals surface area contributed by atoms with Crippen LogP contribution in [0.25, 0.3) is 0 Å². The van der Waals surface area contributed by atoms with Crippen LogP contribution in [0.1, 0.15) is 67.7 Å². The van der Waals surface area contributed by atoms with Crippen molar-refractivity contribution in [2.75, 3.05) is 0 Å². The van der Waals surface area contributed by atoms with E-state index >= 15 is 0 Å². The Kier molecular flexibility index (Phi) is 6.67. The van der Waals surface area contributed by atoms with Crippen molar-refractivity contribution in [1.82, 2.24) is 0 Å². The van der Waals surface area contributed by atoms with Crippen molar-refractivity contribution >= 4 is 0 Å². The van der Waals surface area contributed by atoms with Gasteiger partial charge >= 0.3 is 0 Å². The number of aliphatic hydroxyl groups excluding tert-OH is 1. The first-order valence-electron chi connectivity index (χ1n) is 6.60. The summed E-state index contributed by atoms with van der Waals surface area (Å²) in [5, 5.41) is 9.76. The topological polar surface area (TPSA) is 38.7 Å². The van der Waals surface area contributed by atoms with Crippen LogP contribution in [0, 0.1) is 11.3 Å². The molecule has 0 aliphatic rings. The SMILES string of the molecule is CCCC(C)C(O)OOC(C)(C)CC(C)(C)C. The molecule has 3 heteroatoms. The Labute approximate surface area is 106 Å². The summed E-state index contributed by atoms with van der Waals surface area (Å²) >= 11 is 0. The second-order valence-corrected chi connectivity index (χ2v) is 6.83. The average Bonchev–Trinajstić information content (AvgIpc) is 2.10. The molecule has 0 radical (unpaired) electrons. The van der Waals surface area contributed by atoms with E-state index in [0.29, 0.717) is 0 Å². The summed E-state index contributed by atoms with van der Waals surface area (Å²) < 4.78 is 0.